The highest BCUT2D eigenvalue weighted by atomic mass is 16.5. The lowest BCUT2D eigenvalue weighted by atomic mass is 10.0. The molecule has 0 radical (unpaired) electrons. The Balaban J connectivity index is 2.13. The predicted molar refractivity (Wildman–Crippen MR) is 107 cm³/mol. The quantitative estimate of drug-likeness (QED) is 0.513. The van der Waals surface area contributed by atoms with Crippen LogP contribution < -0.4 is 15.8 Å². The lowest BCUT2D eigenvalue weighted by molar-refractivity contribution is 0.112. The average molecular weight is 358 g/mol. The normalized spacial score (nSPS) is 10.2. The first kappa shape index (κ1) is 18.0. The fraction of sp³-hybridized carbons (Fsp3) is 0.0952. The number of ether oxygens (including phenoxy) is 1. The Hall–Kier alpha value is -3.85. The summed E-state index contributed by atoms with van der Waals surface area (Å²) in [6.45, 7) is 4.01. The molecule has 0 aliphatic rings. The number of anilines is 2. The van der Waals surface area contributed by atoms with Gasteiger partial charge < -0.3 is 15.8 Å². The van der Waals surface area contributed by atoms with Gasteiger partial charge in [0.1, 0.15) is 11.4 Å². The molecule has 0 spiro atoms. The molecule has 6 nitrogen and oxygen atoms in total. The lowest BCUT2D eigenvalue weighted by Crippen LogP contribution is -2.05. The number of nitrogens with two attached hydrogens (primary N) is 1. The van der Waals surface area contributed by atoms with Crippen molar-refractivity contribution in [3.8, 4) is 23.1 Å². The molecule has 6 heteroatoms. The number of carbonyl (C=O) groups is 1. The van der Waals surface area contributed by atoms with Crippen LogP contribution in [0, 0.1) is 11.3 Å². The fourth-order valence-electron chi connectivity index (χ4n) is 2.79. The van der Waals surface area contributed by atoms with E-state index in [1.165, 1.54) is 0 Å². The monoisotopic (exact) mass is 358 g/mol. The molecule has 0 unspecified atom stereocenters. The van der Waals surface area contributed by atoms with Crippen molar-refractivity contribution in [3.05, 3.63) is 60.3 Å². The largest absolute Gasteiger partial charge is 0.495 e. The Labute approximate surface area is 156 Å². The molecular weight excluding hydrogens is 340 g/mol. The Kier molecular flexibility index (Phi) is 5.04. The van der Waals surface area contributed by atoms with E-state index in [9.17, 15) is 4.79 Å². The molecule has 0 saturated carbocycles. The summed E-state index contributed by atoms with van der Waals surface area (Å²) in [5.74, 6) is 0.657. The van der Waals surface area contributed by atoms with E-state index in [-0.39, 0.29) is 5.69 Å². The number of hydrogen-bond donors (Lipinski definition) is 2. The smallest absolute Gasteiger partial charge is 0.170 e. The van der Waals surface area contributed by atoms with Crippen molar-refractivity contribution in [1.82, 2.24) is 4.98 Å². The van der Waals surface area contributed by atoms with Crippen LogP contribution in [0.5, 0.6) is 5.75 Å². The number of nitriles is 1. The van der Waals surface area contributed by atoms with Gasteiger partial charge in [-0.25, -0.2) is 4.98 Å². The Bertz CT molecular complexity index is 1080. The van der Waals surface area contributed by atoms with Crippen LogP contribution in [0.15, 0.2) is 54.6 Å². The lowest BCUT2D eigenvalue weighted by Gasteiger charge is -2.15. The van der Waals surface area contributed by atoms with Crippen LogP contribution in [0.2, 0.25) is 0 Å². The minimum Gasteiger partial charge on any atom is -0.495 e. The van der Waals surface area contributed by atoms with Crippen molar-refractivity contribution in [2.24, 2.45) is 0 Å². The molecule has 27 heavy (non-hydrogen) atoms. The highest BCUT2D eigenvalue weighted by Crippen LogP contribution is 2.35. The summed E-state index contributed by atoms with van der Waals surface area (Å²) >= 11 is 0. The zero-order valence-corrected chi connectivity index (χ0v) is 14.8. The van der Waals surface area contributed by atoms with Crippen molar-refractivity contribution in [2.75, 3.05) is 24.7 Å². The number of benzene rings is 2. The summed E-state index contributed by atoms with van der Waals surface area (Å²) in [5.41, 5.74) is 8.97. The first-order valence-electron chi connectivity index (χ1n) is 8.22. The van der Waals surface area contributed by atoms with E-state index in [1.54, 1.807) is 19.2 Å². The summed E-state index contributed by atoms with van der Waals surface area (Å²) < 4.78 is 5.46. The molecule has 0 bridgehead atoms. The summed E-state index contributed by atoms with van der Waals surface area (Å²) in [5, 5.41) is 14.1. The zero-order valence-electron chi connectivity index (χ0n) is 14.8. The number of rotatable bonds is 6. The molecule has 1 aromatic heterocycles. The molecule has 1 heterocycles. The van der Waals surface area contributed by atoms with Gasteiger partial charge in [0.05, 0.1) is 30.2 Å². The molecule has 2 aromatic carbocycles. The Morgan fingerprint density at radius 2 is 2.11 bits per heavy atom. The van der Waals surface area contributed by atoms with Gasteiger partial charge in [0, 0.05) is 23.1 Å². The van der Waals surface area contributed by atoms with Gasteiger partial charge in [-0.3, -0.25) is 4.79 Å². The van der Waals surface area contributed by atoms with Crippen LogP contribution in [0.1, 0.15) is 10.5 Å². The van der Waals surface area contributed by atoms with E-state index < -0.39 is 0 Å². The number of pyridine rings is 1. The highest BCUT2D eigenvalue weighted by Gasteiger charge is 2.11. The molecule has 0 atom stereocenters. The molecule has 0 amide bonds. The Morgan fingerprint density at radius 3 is 2.81 bits per heavy atom. The van der Waals surface area contributed by atoms with E-state index in [0.29, 0.717) is 35.5 Å². The number of fused-ring (bicyclic) bond motifs is 1. The minimum absolute atomic E-state index is 0.210. The number of methoxy groups -OCH3 is 1. The summed E-state index contributed by atoms with van der Waals surface area (Å²) in [4.78, 5) is 15.5. The van der Waals surface area contributed by atoms with Gasteiger partial charge in [-0.2, -0.15) is 5.26 Å². The third-order valence-electron chi connectivity index (χ3n) is 4.20. The zero-order chi connectivity index (χ0) is 19.4. The molecule has 0 saturated heterocycles. The topological polar surface area (TPSA) is 101 Å². The third kappa shape index (κ3) is 3.58. The van der Waals surface area contributed by atoms with E-state index in [4.69, 9.17) is 15.7 Å². The number of carbonyl (C=O) groups excluding carboxylic acids is 1. The number of nitrogens with zero attached hydrogens (tertiary/aromatic N) is 2. The van der Waals surface area contributed by atoms with E-state index in [0.717, 1.165) is 22.0 Å². The summed E-state index contributed by atoms with van der Waals surface area (Å²) in [6.07, 6.45) is 0.642. The molecule has 0 fully saturated rings. The van der Waals surface area contributed by atoms with Crippen LogP contribution in [0.3, 0.4) is 0 Å². The van der Waals surface area contributed by atoms with Crippen molar-refractivity contribution < 1.29 is 9.53 Å². The predicted octanol–water partition coefficient (Wildman–Crippen LogP) is 3.80. The maximum Gasteiger partial charge on any atom is 0.170 e. The van der Waals surface area contributed by atoms with Crippen molar-refractivity contribution in [3.63, 3.8) is 0 Å². The number of nitrogen functional groups attached to an aromatic ring is 1. The SMILES string of the molecule is C=C(C#N)CNc1c(OC)ccc2ccc(-c3ccc(N)c(C=O)n3)cc12. The van der Waals surface area contributed by atoms with Gasteiger partial charge >= 0.3 is 0 Å². The maximum atomic E-state index is 11.1. The summed E-state index contributed by atoms with van der Waals surface area (Å²) in [7, 11) is 1.59. The molecule has 134 valence electrons. The molecule has 0 aliphatic carbocycles. The maximum absolute atomic E-state index is 11.1. The number of nitrogens with one attached hydrogen (secondary N) is 1. The van der Waals surface area contributed by atoms with E-state index in [1.807, 2.05) is 36.4 Å². The standard InChI is InChI=1S/C21H18N4O2/c1-13(10-22)11-24-21-16-9-15(4-3-14(16)5-8-20(21)27-2)18-7-6-17(23)19(12-26)25-18/h3-9,12,24H,1,11,23H2,2H3. The number of aromatic nitrogens is 1. The van der Waals surface area contributed by atoms with Gasteiger partial charge in [-0.05, 0) is 29.7 Å². The van der Waals surface area contributed by atoms with Gasteiger partial charge in [-0.1, -0.05) is 24.8 Å². The summed E-state index contributed by atoms with van der Waals surface area (Å²) in [6, 6.07) is 15.1. The second kappa shape index (κ2) is 7.58. The molecule has 0 aliphatic heterocycles. The fourth-order valence-corrected chi connectivity index (χ4v) is 2.79. The number of aldehydes is 1. The van der Waals surface area contributed by atoms with E-state index >= 15 is 0 Å². The first-order chi connectivity index (χ1) is 13.1. The second-order valence-corrected chi connectivity index (χ2v) is 5.94. The van der Waals surface area contributed by atoms with Crippen molar-refractivity contribution in [2.45, 2.75) is 0 Å². The average Bonchev–Trinajstić information content (AvgIpc) is 2.71. The van der Waals surface area contributed by atoms with Crippen molar-refractivity contribution >= 4 is 28.4 Å². The van der Waals surface area contributed by atoms with Crippen LogP contribution in [0.25, 0.3) is 22.0 Å². The Morgan fingerprint density at radius 1 is 1.33 bits per heavy atom. The highest BCUT2D eigenvalue weighted by molar-refractivity contribution is 5.99. The first-order valence-corrected chi connectivity index (χ1v) is 8.22. The molecule has 3 N–H and O–H groups in total. The van der Waals surface area contributed by atoms with Gasteiger partial charge in [0.15, 0.2) is 6.29 Å². The van der Waals surface area contributed by atoms with Crippen molar-refractivity contribution in [1.29, 1.82) is 5.26 Å². The van der Waals surface area contributed by atoms with Gasteiger partial charge in [0.2, 0.25) is 0 Å². The van der Waals surface area contributed by atoms with Crippen LogP contribution in [0.4, 0.5) is 11.4 Å². The molecule has 3 rings (SSSR count). The number of hydrogen-bond acceptors (Lipinski definition) is 6. The molecular formula is C21H18N4O2. The van der Waals surface area contributed by atoms with E-state index in [2.05, 4.69) is 16.9 Å². The minimum atomic E-state index is 0.210. The van der Waals surface area contributed by atoms with Crippen LogP contribution >= 0.6 is 0 Å². The van der Waals surface area contributed by atoms with Crippen LogP contribution in [-0.4, -0.2) is 24.9 Å². The van der Waals surface area contributed by atoms with Gasteiger partial charge in [-0.15, -0.1) is 0 Å². The van der Waals surface area contributed by atoms with Crippen LogP contribution in [-0.2, 0) is 0 Å². The second-order valence-electron chi connectivity index (χ2n) is 5.94. The van der Waals surface area contributed by atoms with Gasteiger partial charge in [0.25, 0.3) is 0 Å². The third-order valence-corrected chi connectivity index (χ3v) is 4.20. The molecule has 3 aromatic rings.